The standard InChI is InChI=1S/C21H29N3O2/c25-20(23-18-13-12-15-7-4-5-10-17(15)18)19-11-6-14-24(19)21(26)22-16-8-2-1-3-9-16/h4-5,7,10,16,18-19H,1-3,6,8-9,11-14H2,(H,22,26)(H,23,25)/t18-,19-/m0/s1. The molecule has 0 radical (unpaired) electrons. The van der Waals surface area contributed by atoms with Gasteiger partial charge in [0.05, 0.1) is 6.04 Å². The highest BCUT2D eigenvalue weighted by Crippen LogP contribution is 2.31. The van der Waals surface area contributed by atoms with Crippen LogP contribution in [0.2, 0.25) is 0 Å². The lowest BCUT2D eigenvalue weighted by Gasteiger charge is -2.29. The number of hydrogen-bond acceptors (Lipinski definition) is 2. The molecule has 0 bridgehead atoms. The third-order valence-electron chi connectivity index (χ3n) is 6.20. The van der Waals surface area contributed by atoms with E-state index in [1.54, 1.807) is 4.90 Å². The number of rotatable bonds is 3. The summed E-state index contributed by atoms with van der Waals surface area (Å²) in [4.78, 5) is 27.3. The van der Waals surface area contributed by atoms with Crippen molar-refractivity contribution in [1.29, 1.82) is 0 Å². The van der Waals surface area contributed by atoms with Crippen molar-refractivity contribution in [3.05, 3.63) is 35.4 Å². The average molecular weight is 355 g/mol. The zero-order chi connectivity index (χ0) is 17.9. The zero-order valence-corrected chi connectivity index (χ0v) is 15.4. The Morgan fingerprint density at radius 2 is 1.73 bits per heavy atom. The summed E-state index contributed by atoms with van der Waals surface area (Å²) >= 11 is 0. The van der Waals surface area contributed by atoms with Gasteiger partial charge in [0.2, 0.25) is 5.91 Å². The number of likely N-dealkylation sites (tertiary alicyclic amines) is 1. The smallest absolute Gasteiger partial charge is 0.318 e. The van der Waals surface area contributed by atoms with Crippen molar-refractivity contribution >= 4 is 11.9 Å². The van der Waals surface area contributed by atoms with E-state index < -0.39 is 0 Å². The molecular weight excluding hydrogens is 326 g/mol. The van der Waals surface area contributed by atoms with Crippen LogP contribution < -0.4 is 10.6 Å². The highest BCUT2D eigenvalue weighted by Gasteiger charge is 2.36. The molecule has 4 rings (SSSR count). The lowest BCUT2D eigenvalue weighted by Crippen LogP contribution is -2.52. The van der Waals surface area contributed by atoms with Crippen molar-refractivity contribution in [2.45, 2.75) is 75.9 Å². The maximum atomic E-state index is 12.9. The number of urea groups is 1. The van der Waals surface area contributed by atoms with E-state index in [9.17, 15) is 9.59 Å². The number of nitrogens with one attached hydrogen (secondary N) is 2. The number of fused-ring (bicyclic) bond motifs is 1. The molecule has 2 aliphatic carbocycles. The van der Waals surface area contributed by atoms with Crippen LogP contribution in [0.5, 0.6) is 0 Å². The number of carbonyl (C=O) groups excluding carboxylic acids is 2. The topological polar surface area (TPSA) is 61.4 Å². The predicted molar refractivity (Wildman–Crippen MR) is 101 cm³/mol. The first kappa shape index (κ1) is 17.4. The quantitative estimate of drug-likeness (QED) is 0.874. The van der Waals surface area contributed by atoms with Crippen molar-refractivity contribution in [3.63, 3.8) is 0 Å². The number of aryl methyl sites for hydroxylation is 1. The first-order valence-corrected chi connectivity index (χ1v) is 10.2. The molecule has 2 atom stereocenters. The van der Waals surface area contributed by atoms with Crippen LogP contribution in [0.1, 0.15) is 68.5 Å². The third kappa shape index (κ3) is 3.57. The van der Waals surface area contributed by atoms with Crippen LogP contribution in [0, 0.1) is 0 Å². The van der Waals surface area contributed by atoms with Gasteiger partial charge in [0.25, 0.3) is 0 Å². The molecule has 140 valence electrons. The van der Waals surface area contributed by atoms with Crippen molar-refractivity contribution in [2.75, 3.05) is 6.54 Å². The molecule has 1 aromatic carbocycles. The van der Waals surface area contributed by atoms with E-state index >= 15 is 0 Å². The second kappa shape index (κ2) is 7.68. The summed E-state index contributed by atoms with van der Waals surface area (Å²) in [6, 6.07) is 8.31. The van der Waals surface area contributed by atoms with Crippen LogP contribution in [-0.4, -0.2) is 35.5 Å². The van der Waals surface area contributed by atoms with E-state index in [0.29, 0.717) is 6.54 Å². The average Bonchev–Trinajstić information content (AvgIpc) is 3.30. The van der Waals surface area contributed by atoms with Crippen molar-refractivity contribution in [1.82, 2.24) is 15.5 Å². The van der Waals surface area contributed by atoms with Crippen molar-refractivity contribution < 1.29 is 9.59 Å². The fourth-order valence-electron chi connectivity index (χ4n) is 4.76. The van der Waals surface area contributed by atoms with Crippen molar-refractivity contribution in [3.8, 4) is 0 Å². The minimum absolute atomic E-state index is 0.00278. The molecule has 0 unspecified atom stereocenters. The van der Waals surface area contributed by atoms with Gasteiger partial charge in [0.15, 0.2) is 0 Å². The fraction of sp³-hybridized carbons (Fsp3) is 0.619. The Bertz CT molecular complexity index is 669. The fourth-order valence-corrected chi connectivity index (χ4v) is 4.76. The number of nitrogens with zero attached hydrogens (tertiary/aromatic N) is 1. The maximum absolute atomic E-state index is 12.9. The van der Waals surface area contributed by atoms with Gasteiger partial charge in [-0.1, -0.05) is 43.5 Å². The number of carbonyl (C=O) groups is 2. The number of benzene rings is 1. The molecule has 3 amide bonds. The summed E-state index contributed by atoms with van der Waals surface area (Å²) in [6.07, 6.45) is 9.40. The highest BCUT2D eigenvalue weighted by molar-refractivity contribution is 5.88. The maximum Gasteiger partial charge on any atom is 0.318 e. The first-order valence-electron chi connectivity index (χ1n) is 10.2. The minimum atomic E-state index is -0.327. The van der Waals surface area contributed by atoms with Crippen LogP contribution in [-0.2, 0) is 11.2 Å². The molecule has 1 saturated carbocycles. The Morgan fingerprint density at radius 1 is 0.923 bits per heavy atom. The number of hydrogen-bond donors (Lipinski definition) is 2. The van der Waals surface area contributed by atoms with Crippen molar-refractivity contribution in [2.24, 2.45) is 0 Å². The zero-order valence-electron chi connectivity index (χ0n) is 15.4. The SMILES string of the molecule is O=C(N[C@H]1CCc2ccccc21)[C@@H]1CCCN1C(=O)NC1CCCCC1. The summed E-state index contributed by atoms with van der Waals surface area (Å²) in [5, 5.41) is 6.37. The second-order valence-corrected chi connectivity index (χ2v) is 7.93. The lowest BCUT2D eigenvalue weighted by atomic mass is 9.96. The van der Waals surface area contributed by atoms with E-state index in [1.807, 2.05) is 6.07 Å². The van der Waals surface area contributed by atoms with E-state index in [2.05, 4.69) is 28.8 Å². The summed E-state index contributed by atoms with van der Waals surface area (Å²) < 4.78 is 0. The summed E-state index contributed by atoms with van der Waals surface area (Å²) in [7, 11) is 0. The van der Waals surface area contributed by atoms with Gasteiger partial charge in [-0.2, -0.15) is 0 Å². The molecule has 1 aliphatic heterocycles. The summed E-state index contributed by atoms with van der Waals surface area (Å²) in [5.41, 5.74) is 2.56. The molecule has 26 heavy (non-hydrogen) atoms. The van der Waals surface area contributed by atoms with E-state index in [1.165, 1.54) is 30.4 Å². The van der Waals surface area contributed by atoms with Gasteiger partial charge < -0.3 is 15.5 Å². The lowest BCUT2D eigenvalue weighted by molar-refractivity contribution is -0.125. The number of amides is 3. The highest BCUT2D eigenvalue weighted by atomic mass is 16.2. The molecule has 1 heterocycles. The van der Waals surface area contributed by atoms with Crippen LogP contribution in [0.25, 0.3) is 0 Å². The molecule has 0 aromatic heterocycles. The van der Waals surface area contributed by atoms with Crippen LogP contribution in [0.3, 0.4) is 0 Å². The first-order chi connectivity index (χ1) is 12.7. The van der Waals surface area contributed by atoms with Gasteiger partial charge in [-0.3, -0.25) is 4.79 Å². The van der Waals surface area contributed by atoms with Gasteiger partial charge in [-0.05, 0) is 49.7 Å². The molecule has 1 saturated heterocycles. The van der Waals surface area contributed by atoms with Gasteiger partial charge >= 0.3 is 6.03 Å². The van der Waals surface area contributed by atoms with E-state index in [4.69, 9.17) is 0 Å². The van der Waals surface area contributed by atoms with Crippen LogP contribution in [0.4, 0.5) is 4.79 Å². The summed E-state index contributed by atoms with van der Waals surface area (Å²) in [5.74, 6) is 0.00278. The molecule has 5 nitrogen and oxygen atoms in total. The summed E-state index contributed by atoms with van der Waals surface area (Å²) in [6.45, 7) is 0.678. The van der Waals surface area contributed by atoms with E-state index in [0.717, 1.165) is 38.5 Å². The van der Waals surface area contributed by atoms with Gasteiger partial charge in [-0.15, -0.1) is 0 Å². The van der Waals surface area contributed by atoms with Gasteiger partial charge in [0.1, 0.15) is 6.04 Å². The second-order valence-electron chi connectivity index (χ2n) is 7.93. The Labute approximate surface area is 155 Å². The largest absolute Gasteiger partial charge is 0.347 e. The minimum Gasteiger partial charge on any atom is -0.347 e. The molecule has 3 aliphatic rings. The van der Waals surface area contributed by atoms with Gasteiger partial charge in [-0.25, -0.2) is 4.79 Å². The Balaban J connectivity index is 1.37. The Morgan fingerprint density at radius 3 is 2.58 bits per heavy atom. The van der Waals surface area contributed by atoms with Gasteiger partial charge in [0, 0.05) is 12.6 Å². The molecule has 0 spiro atoms. The molecule has 5 heteroatoms. The predicted octanol–water partition coefficient (Wildman–Crippen LogP) is 3.30. The van der Waals surface area contributed by atoms with Crippen LogP contribution >= 0.6 is 0 Å². The van der Waals surface area contributed by atoms with Crippen LogP contribution in [0.15, 0.2) is 24.3 Å². The molecule has 2 fully saturated rings. The molecule has 1 aromatic rings. The Hall–Kier alpha value is -2.04. The Kier molecular flexibility index (Phi) is 5.14. The molecular formula is C21H29N3O2. The van der Waals surface area contributed by atoms with E-state index in [-0.39, 0.29) is 30.1 Å². The third-order valence-corrected chi connectivity index (χ3v) is 6.20. The monoisotopic (exact) mass is 355 g/mol. The molecule has 2 N–H and O–H groups in total. The normalized spacial score (nSPS) is 25.8.